The molecule has 1 aliphatic rings. The Balaban J connectivity index is 2.16. The van der Waals surface area contributed by atoms with Crippen LogP contribution in [0.4, 0.5) is 13.2 Å². The monoisotopic (exact) mass is 194 g/mol. The van der Waals surface area contributed by atoms with E-state index in [0.29, 0.717) is 5.92 Å². The smallest absolute Gasteiger partial charge is 0.303 e. The Labute approximate surface area is 76.9 Å². The lowest BCUT2D eigenvalue weighted by atomic mass is 9.99. The standard InChI is InChI=1S/C9H15F3N/c1-8-2-5-13(6-3-8)7-4-9(10,11)12/h8H,1-7H2. The van der Waals surface area contributed by atoms with Crippen molar-refractivity contribution in [2.75, 3.05) is 19.6 Å². The van der Waals surface area contributed by atoms with Gasteiger partial charge in [0.15, 0.2) is 0 Å². The molecule has 1 rings (SSSR count). The third-order valence-corrected chi connectivity index (χ3v) is 2.42. The van der Waals surface area contributed by atoms with Crippen molar-refractivity contribution in [1.82, 2.24) is 4.90 Å². The van der Waals surface area contributed by atoms with Crippen molar-refractivity contribution in [1.29, 1.82) is 0 Å². The molecule has 0 unspecified atom stereocenters. The first-order chi connectivity index (χ1) is 5.97. The summed E-state index contributed by atoms with van der Waals surface area (Å²) in [5, 5.41) is 0. The van der Waals surface area contributed by atoms with Gasteiger partial charge in [0.05, 0.1) is 6.42 Å². The summed E-state index contributed by atoms with van der Waals surface area (Å²) in [7, 11) is 0. The molecule has 1 saturated heterocycles. The van der Waals surface area contributed by atoms with Crippen LogP contribution >= 0.6 is 0 Å². The Hall–Kier alpha value is -0.250. The van der Waals surface area contributed by atoms with E-state index in [1.54, 1.807) is 0 Å². The van der Waals surface area contributed by atoms with Crippen molar-refractivity contribution in [3.8, 4) is 0 Å². The van der Waals surface area contributed by atoms with E-state index in [2.05, 4.69) is 6.92 Å². The fourth-order valence-electron chi connectivity index (χ4n) is 1.49. The SMILES string of the molecule is [CH2]C1CCN(CCC(F)(F)F)CC1. The fraction of sp³-hybridized carbons (Fsp3) is 0.889. The predicted molar refractivity (Wildman–Crippen MR) is 45.2 cm³/mol. The zero-order valence-corrected chi connectivity index (χ0v) is 7.61. The van der Waals surface area contributed by atoms with Gasteiger partial charge in [-0.25, -0.2) is 0 Å². The molecular formula is C9H15F3N. The first-order valence-electron chi connectivity index (χ1n) is 4.59. The molecule has 0 amide bonds. The number of rotatable bonds is 2. The second-order valence-electron chi connectivity index (χ2n) is 3.65. The minimum Gasteiger partial charge on any atom is -0.303 e. The Bertz CT molecular complexity index is 147. The van der Waals surface area contributed by atoms with E-state index in [9.17, 15) is 13.2 Å². The van der Waals surface area contributed by atoms with Gasteiger partial charge in [0.2, 0.25) is 0 Å². The normalized spacial score (nSPS) is 22.2. The number of alkyl halides is 3. The molecule has 1 aliphatic heterocycles. The van der Waals surface area contributed by atoms with Crippen molar-refractivity contribution in [2.45, 2.75) is 25.4 Å². The lowest BCUT2D eigenvalue weighted by molar-refractivity contribution is -0.138. The van der Waals surface area contributed by atoms with Gasteiger partial charge in [-0.3, -0.25) is 0 Å². The maximum atomic E-state index is 11.8. The molecule has 0 aliphatic carbocycles. The molecule has 0 saturated carbocycles. The average molecular weight is 194 g/mol. The molecule has 1 radical (unpaired) electrons. The van der Waals surface area contributed by atoms with Crippen LogP contribution < -0.4 is 0 Å². The van der Waals surface area contributed by atoms with E-state index in [1.165, 1.54) is 0 Å². The highest BCUT2D eigenvalue weighted by Gasteiger charge is 2.28. The van der Waals surface area contributed by atoms with Crippen LogP contribution in [-0.2, 0) is 0 Å². The van der Waals surface area contributed by atoms with Gasteiger partial charge in [-0.2, -0.15) is 13.2 Å². The first kappa shape index (κ1) is 10.8. The number of hydrogen-bond acceptors (Lipinski definition) is 1. The summed E-state index contributed by atoms with van der Waals surface area (Å²) < 4.78 is 35.5. The molecule has 0 aromatic rings. The van der Waals surface area contributed by atoms with Crippen LogP contribution in [0.25, 0.3) is 0 Å². The summed E-state index contributed by atoms with van der Waals surface area (Å²) >= 11 is 0. The number of halogens is 3. The molecule has 1 nitrogen and oxygen atoms in total. The van der Waals surface area contributed by atoms with Gasteiger partial charge < -0.3 is 4.90 Å². The number of piperidine rings is 1. The van der Waals surface area contributed by atoms with E-state index in [1.807, 2.05) is 4.90 Å². The Kier molecular flexibility index (Phi) is 3.59. The molecule has 1 fully saturated rings. The van der Waals surface area contributed by atoms with Crippen LogP contribution in [0.15, 0.2) is 0 Å². The summed E-state index contributed by atoms with van der Waals surface area (Å²) in [6, 6.07) is 0. The zero-order chi connectivity index (χ0) is 9.90. The molecule has 0 atom stereocenters. The zero-order valence-electron chi connectivity index (χ0n) is 7.61. The van der Waals surface area contributed by atoms with Crippen LogP contribution in [0.2, 0.25) is 0 Å². The van der Waals surface area contributed by atoms with Crippen molar-refractivity contribution >= 4 is 0 Å². The average Bonchev–Trinajstić information content (AvgIpc) is 2.02. The fourth-order valence-corrected chi connectivity index (χ4v) is 1.49. The van der Waals surface area contributed by atoms with Gasteiger partial charge in [-0.15, -0.1) is 0 Å². The molecular weight excluding hydrogens is 179 g/mol. The lowest BCUT2D eigenvalue weighted by Gasteiger charge is -2.30. The van der Waals surface area contributed by atoms with Gasteiger partial charge >= 0.3 is 6.18 Å². The molecule has 0 aromatic heterocycles. The molecule has 4 heteroatoms. The highest BCUT2D eigenvalue weighted by molar-refractivity contribution is 4.73. The van der Waals surface area contributed by atoms with Crippen molar-refractivity contribution in [3.63, 3.8) is 0 Å². The third-order valence-electron chi connectivity index (χ3n) is 2.42. The summed E-state index contributed by atoms with van der Waals surface area (Å²) in [6.07, 6.45) is -2.84. The van der Waals surface area contributed by atoms with Crippen LogP contribution in [0, 0.1) is 12.8 Å². The minimum atomic E-state index is -4.01. The van der Waals surface area contributed by atoms with E-state index in [4.69, 9.17) is 0 Å². The van der Waals surface area contributed by atoms with Crippen molar-refractivity contribution < 1.29 is 13.2 Å². The van der Waals surface area contributed by atoms with Gasteiger partial charge in [-0.05, 0) is 31.8 Å². The molecule has 0 N–H and O–H groups in total. The first-order valence-corrected chi connectivity index (χ1v) is 4.59. The third kappa shape index (κ3) is 4.50. The second kappa shape index (κ2) is 4.31. The van der Waals surface area contributed by atoms with Gasteiger partial charge in [0, 0.05) is 6.54 Å². The number of hydrogen-bond donors (Lipinski definition) is 0. The topological polar surface area (TPSA) is 3.24 Å². The van der Waals surface area contributed by atoms with E-state index >= 15 is 0 Å². The molecule has 0 bridgehead atoms. The number of likely N-dealkylation sites (tertiary alicyclic amines) is 1. The van der Waals surface area contributed by atoms with Crippen LogP contribution in [0.1, 0.15) is 19.3 Å². The molecule has 77 valence electrons. The molecule has 0 spiro atoms. The quantitative estimate of drug-likeness (QED) is 0.652. The summed E-state index contributed by atoms with van der Waals surface area (Å²) in [4.78, 5) is 1.87. The maximum Gasteiger partial charge on any atom is 0.390 e. The second-order valence-corrected chi connectivity index (χ2v) is 3.65. The molecule has 1 heterocycles. The minimum absolute atomic E-state index is 0.149. The van der Waals surface area contributed by atoms with Crippen molar-refractivity contribution in [2.24, 2.45) is 5.92 Å². The Morgan fingerprint density at radius 1 is 1.23 bits per heavy atom. The summed E-state index contributed by atoms with van der Waals surface area (Å²) in [6.45, 7) is 5.58. The predicted octanol–water partition coefficient (Wildman–Crippen LogP) is 2.48. The van der Waals surface area contributed by atoms with E-state index in [0.717, 1.165) is 25.9 Å². The van der Waals surface area contributed by atoms with Gasteiger partial charge in [-0.1, -0.05) is 6.92 Å². The molecule has 0 aromatic carbocycles. The molecule has 13 heavy (non-hydrogen) atoms. The van der Waals surface area contributed by atoms with Crippen LogP contribution in [0.5, 0.6) is 0 Å². The summed E-state index contributed by atoms with van der Waals surface area (Å²) in [5.74, 6) is 0.433. The highest BCUT2D eigenvalue weighted by atomic mass is 19.4. The largest absolute Gasteiger partial charge is 0.390 e. The van der Waals surface area contributed by atoms with Gasteiger partial charge in [0.25, 0.3) is 0 Å². The van der Waals surface area contributed by atoms with Crippen LogP contribution in [-0.4, -0.2) is 30.7 Å². The van der Waals surface area contributed by atoms with Crippen molar-refractivity contribution in [3.05, 3.63) is 6.92 Å². The number of nitrogens with zero attached hydrogens (tertiary/aromatic N) is 1. The van der Waals surface area contributed by atoms with E-state index < -0.39 is 12.6 Å². The van der Waals surface area contributed by atoms with Crippen LogP contribution in [0.3, 0.4) is 0 Å². The Morgan fingerprint density at radius 2 is 1.77 bits per heavy atom. The summed E-state index contributed by atoms with van der Waals surface area (Å²) in [5.41, 5.74) is 0. The highest BCUT2D eigenvalue weighted by Crippen LogP contribution is 2.22. The van der Waals surface area contributed by atoms with E-state index in [-0.39, 0.29) is 6.54 Å². The maximum absolute atomic E-state index is 11.8. The van der Waals surface area contributed by atoms with Gasteiger partial charge in [0.1, 0.15) is 0 Å². The lowest BCUT2D eigenvalue weighted by Crippen LogP contribution is -2.35. The Morgan fingerprint density at radius 3 is 2.23 bits per heavy atom.